The summed E-state index contributed by atoms with van der Waals surface area (Å²) in [4.78, 5) is 40.4. The first-order chi connectivity index (χ1) is 23.9. The van der Waals surface area contributed by atoms with E-state index in [4.69, 9.17) is 4.42 Å². The minimum Gasteiger partial charge on any atom is -0.478 e. The molecule has 2 aliphatic carbocycles. The number of fused-ring (bicyclic) bond motifs is 2. The van der Waals surface area contributed by atoms with Gasteiger partial charge in [-0.05, 0) is 56.2 Å². The van der Waals surface area contributed by atoms with Crippen LogP contribution in [0.15, 0.2) is 75.4 Å². The number of nitrogens with one attached hydrogen (secondary N) is 4. The maximum absolute atomic E-state index is 11.3. The number of carboxylic acids is 1. The van der Waals surface area contributed by atoms with E-state index in [-0.39, 0.29) is 23.7 Å². The van der Waals surface area contributed by atoms with Gasteiger partial charge in [0.15, 0.2) is 10.7 Å². The molecule has 0 aliphatic heterocycles. The third kappa shape index (κ3) is 7.21. The largest absolute Gasteiger partial charge is 0.478 e. The number of thiazole rings is 1. The van der Waals surface area contributed by atoms with Crippen molar-refractivity contribution in [1.82, 2.24) is 29.9 Å². The van der Waals surface area contributed by atoms with E-state index in [2.05, 4.69) is 57.2 Å². The quantitative estimate of drug-likeness (QED) is 0.0786. The minimum absolute atomic E-state index is 0.268. The summed E-state index contributed by atoms with van der Waals surface area (Å²) in [5, 5.41) is 23.7. The number of hydrogen-bond acceptors (Lipinski definition) is 15. The van der Waals surface area contributed by atoms with Gasteiger partial charge in [0.1, 0.15) is 5.52 Å². The van der Waals surface area contributed by atoms with Crippen molar-refractivity contribution in [2.75, 3.05) is 27.5 Å². The number of thioether (sulfide) groups is 2. The molecule has 250 valence electrons. The predicted octanol–water partition coefficient (Wildman–Crippen LogP) is 6.84. The van der Waals surface area contributed by atoms with Crippen molar-refractivity contribution in [1.29, 1.82) is 0 Å². The first-order valence-electron chi connectivity index (χ1n) is 15.8. The second-order valence-corrected chi connectivity index (χ2v) is 15.0. The van der Waals surface area contributed by atoms with Crippen LogP contribution < -0.4 is 21.3 Å². The molecule has 2 fully saturated rings. The van der Waals surface area contributed by atoms with Crippen LogP contribution in [0.1, 0.15) is 41.6 Å². The van der Waals surface area contributed by atoms with E-state index >= 15 is 0 Å². The van der Waals surface area contributed by atoms with E-state index in [1.54, 1.807) is 41.7 Å². The first kappa shape index (κ1) is 31.6. The summed E-state index contributed by atoms with van der Waals surface area (Å²) in [6, 6.07) is 12.7. The number of hydrogen-bond donors (Lipinski definition) is 5. The Morgan fingerprint density at radius 2 is 1.49 bits per heavy atom. The number of aromatic nitrogens is 6. The number of aromatic carboxylic acids is 1. The molecule has 4 heterocycles. The summed E-state index contributed by atoms with van der Waals surface area (Å²) in [5.74, 6) is 1.03. The number of nitrogens with zero attached hydrogens (tertiary/aromatic N) is 6. The number of carbonyl (C=O) groups is 1. The van der Waals surface area contributed by atoms with Crippen molar-refractivity contribution >= 4 is 85.2 Å². The van der Waals surface area contributed by atoms with Crippen LogP contribution in [0.3, 0.4) is 0 Å². The predicted molar refractivity (Wildman–Crippen MR) is 194 cm³/mol. The fourth-order valence-electron chi connectivity index (χ4n) is 5.84. The Hall–Kier alpha value is -4.67. The van der Waals surface area contributed by atoms with Crippen LogP contribution in [0.2, 0.25) is 0 Å². The highest BCUT2D eigenvalue weighted by Gasteiger charge is 2.31. The van der Waals surface area contributed by atoms with E-state index in [1.165, 1.54) is 11.3 Å². The van der Waals surface area contributed by atoms with E-state index < -0.39 is 5.97 Å². The Labute approximate surface area is 293 Å². The molecule has 2 aromatic carbocycles. The normalized spacial score (nSPS) is 20.0. The smallest absolute Gasteiger partial charge is 0.335 e. The minimum atomic E-state index is -0.935. The highest BCUT2D eigenvalue weighted by atomic mass is 32.2. The van der Waals surface area contributed by atoms with Gasteiger partial charge in [0, 0.05) is 70.1 Å². The molecule has 0 unspecified atom stereocenters. The summed E-state index contributed by atoms with van der Waals surface area (Å²) in [7, 11) is 0. The molecule has 0 bridgehead atoms. The highest BCUT2D eigenvalue weighted by molar-refractivity contribution is 7.98. The second-order valence-electron chi connectivity index (χ2n) is 12.1. The highest BCUT2D eigenvalue weighted by Crippen LogP contribution is 2.33. The van der Waals surface area contributed by atoms with Gasteiger partial charge < -0.3 is 30.8 Å². The molecule has 13 nitrogen and oxygen atoms in total. The van der Waals surface area contributed by atoms with Crippen LogP contribution in [0.25, 0.3) is 21.3 Å². The van der Waals surface area contributed by atoms with Crippen LogP contribution in [-0.4, -0.2) is 71.4 Å². The summed E-state index contributed by atoms with van der Waals surface area (Å²) in [6.45, 7) is 0. The van der Waals surface area contributed by atoms with Gasteiger partial charge in [0.2, 0.25) is 11.9 Å². The van der Waals surface area contributed by atoms with E-state index in [0.717, 1.165) is 67.5 Å². The zero-order valence-electron chi connectivity index (χ0n) is 26.3. The van der Waals surface area contributed by atoms with Crippen molar-refractivity contribution < 1.29 is 14.3 Å². The van der Waals surface area contributed by atoms with Crippen LogP contribution in [0.4, 0.5) is 23.0 Å². The molecule has 5 N–H and O–H groups in total. The van der Waals surface area contributed by atoms with Crippen molar-refractivity contribution in [3.63, 3.8) is 0 Å². The van der Waals surface area contributed by atoms with Crippen molar-refractivity contribution in [3.05, 3.63) is 72.3 Å². The summed E-state index contributed by atoms with van der Waals surface area (Å²) >= 11 is 4.75. The third-order valence-corrected chi connectivity index (χ3v) is 11.2. The number of oxazole rings is 1. The topological polar surface area (TPSA) is 176 Å². The Bertz CT molecular complexity index is 2100. The zero-order valence-corrected chi connectivity index (χ0v) is 28.7. The number of benzene rings is 2. The number of anilines is 4. The summed E-state index contributed by atoms with van der Waals surface area (Å²) in [6.07, 6.45) is 13.1. The van der Waals surface area contributed by atoms with Gasteiger partial charge in [0.25, 0.3) is 6.01 Å². The molecule has 0 radical (unpaired) electrons. The number of rotatable bonds is 13. The Morgan fingerprint density at radius 3 is 2.16 bits per heavy atom. The Kier molecular flexibility index (Phi) is 8.82. The SMILES string of the molecule is CSc1cnc(N[C@H]2C[C@@H](Nc3nc4cccc(CSc5cnc(N[C@H]6C[C@H](Nc7nc8ccc(C(=O)O)cc8s7)C6)nc5)c4o3)C2)nc1. The maximum Gasteiger partial charge on any atom is 0.335 e. The molecule has 4 aromatic heterocycles. The summed E-state index contributed by atoms with van der Waals surface area (Å²) in [5.41, 5.74) is 3.75. The molecule has 2 aliphatic rings. The average molecular weight is 713 g/mol. The first-order valence-corrected chi connectivity index (χ1v) is 18.9. The number of carboxylic acid groups (broad SMARTS) is 1. The van der Waals surface area contributed by atoms with Gasteiger partial charge in [0.05, 0.1) is 15.8 Å². The molecule has 0 amide bonds. The molecular formula is C33H32N10O3S3. The lowest BCUT2D eigenvalue weighted by atomic mass is 9.87. The van der Waals surface area contributed by atoms with E-state index in [1.807, 2.05) is 43.2 Å². The van der Waals surface area contributed by atoms with Crippen LogP contribution >= 0.6 is 34.9 Å². The Balaban J connectivity index is 0.790. The van der Waals surface area contributed by atoms with Gasteiger partial charge in [-0.2, -0.15) is 4.98 Å². The lowest BCUT2D eigenvalue weighted by Crippen LogP contribution is -2.44. The second kappa shape index (κ2) is 13.7. The van der Waals surface area contributed by atoms with Gasteiger partial charge in [-0.25, -0.2) is 29.7 Å². The fraction of sp³-hybridized carbons (Fsp3) is 0.303. The Morgan fingerprint density at radius 1 is 0.837 bits per heavy atom. The fourth-order valence-corrected chi connectivity index (χ4v) is 7.95. The zero-order chi connectivity index (χ0) is 33.3. The third-order valence-electron chi connectivity index (χ3n) is 8.62. The van der Waals surface area contributed by atoms with Gasteiger partial charge in [-0.3, -0.25) is 0 Å². The van der Waals surface area contributed by atoms with Crippen LogP contribution in [-0.2, 0) is 5.75 Å². The van der Waals surface area contributed by atoms with Gasteiger partial charge >= 0.3 is 5.97 Å². The van der Waals surface area contributed by atoms with E-state index in [9.17, 15) is 9.90 Å². The average Bonchev–Trinajstić information content (AvgIpc) is 3.69. The van der Waals surface area contributed by atoms with Crippen LogP contribution in [0, 0.1) is 0 Å². The maximum atomic E-state index is 11.3. The molecule has 6 aromatic rings. The van der Waals surface area contributed by atoms with Gasteiger partial charge in [-0.15, -0.1) is 23.5 Å². The summed E-state index contributed by atoms with van der Waals surface area (Å²) < 4.78 is 7.03. The number of para-hydroxylation sites is 1. The molecule has 0 saturated heterocycles. The molecule has 0 spiro atoms. The molecule has 2 saturated carbocycles. The standard InChI is InChI=1S/C33H32N10O3S3/c1-47-23-12-34-30(35-13-23)38-19-8-21(9-19)40-32-42-26-4-2-3-18(28(26)46-32)16-48-24-14-36-31(37-15-24)39-20-10-22(11-20)41-33-43-25-6-5-17(29(44)45)7-27(25)49-33/h2-7,12-15,19-22H,8-11,16H2,1H3,(H,40,42)(H,41,43)(H,44,45)(H,34,35,38)(H,36,37,39)/t19-,20-,21+,22-. The molecular weight excluding hydrogens is 681 g/mol. The van der Waals surface area contributed by atoms with Crippen molar-refractivity contribution in [2.45, 2.75) is 65.4 Å². The van der Waals surface area contributed by atoms with Crippen LogP contribution in [0.5, 0.6) is 0 Å². The molecule has 16 heteroatoms. The monoisotopic (exact) mass is 712 g/mol. The lowest BCUT2D eigenvalue weighted by Gasteiger charge is -2.36. The van der Waals surface area contributed by atoms with Crippen molar-refractivity contribution in [2.24, 2.45) is 0 Å². The molecule has 8 rings (SSSR count). The van der Waals surface area contributed by atoms with E-state index in [0.29, 0.717) is 29.7 Å². The molecule has 49 heavy (non-hydrogen) atoms. The molecule has 0 atom stereocenters. The van der Waals surface area contributed by atoms with Crippen molar-refractivity contribution in [3.8, 4) is 0 Å². The van der Waals surface area contributed by atoms with Gasteiger partial charge in [-0.1, -0.05) is 23.5 Å². The lowest BCUT2D eigenvalue weighted by molar-refractivity contribution is 0.0697.